The molecule has 0 radical (unpaired) electrons. The number of aliphatic hydroxyl groups excluding tert-OH is 1. The van der Waals surface area contributed by atoms with Crippen molar-refractivity contribution in [3.63, 3.8) is 0 Å². The lowest BCUT2D eigenvalue weighted by Crippen LogP contribution is -2.40. The van der Waals surface area contributed by atoms with Gasteiger partial charge in [0, 0.05) is 37.7 Å². The van der Waals surface area contributed by atoms with Crippen LogP contribution in [0.1, 0.15) is 38.2 Å². The Hall–Kier alpha value is -1.88. The molecule has 0 bridgehead atoms. The van der Waals surface area contributed by atoms with Crippen LogP contribution in [0.25, 0.3) is 0 Å². The number of nitrogens with one attached hydrogen (secondary N) is 1. The van der Waals surface area contributed by atoms with Gasteiger partial charge in [-0.25, -0.2) is 0 Å². The number of aryl methyl sites for hydroxylation is 1. The van der Waals surface area contributed by atoms with E-state index in [2.05, 4.69) is 5.32 Å². The second-order valence-corrected chi connectivity index (χ2v) is 5.61. The number of amides is 2. The lowest BCUT2D eigenvalue weighted by molar-refractivity contribution is -0.122. The number of fused-ring (bicyclic) bond motifs is 1. The van der Waals surface area contributed by atoms with Crippen molar-refractivity contribution in [2.24, 2.45) is 0 Å². The van der Waals surface area contributed by atoms with Gasteiger partial charge in [0.25, 0.3) is 0 Å². The van der Waals surface area contributed by atoms with E-state index < -0.39 is 0 Å². The Morgan fingerprint density at radius 1 is 1.36 bits per heavy atom. The van der Waals surface area contributed by atoms with Crippen LogP contribution in [-0.4, -0.2) is 36.1 Å². The Labute approximate surface area is 131 Å². The smallest absolute Gasteiger partial charge is 0.227 e. The molecule has 0 fully saturated rings. The number of hydrogen-bond donors (Lipinski definition) is 2. The van der Waals surface area contributed by atoms with E-state index in [0.29, 0.717) is 19.4 Å². The molecule has 2 rings (SSSR count). The summed E-state index contributed by atoms with van der Waals surface area (Å²) in [5.74, 6) is 0.00468. The Morgan fingerprint density at radius 2 is 2.14 bits per heavy atom. The van der Waals surface area contributed by atoms with E-state index in [4.69, 9.17) is 5.11 Å². The van der Waals surface area contributed by atoms with Crippen molar-refractivity contribution in [2.75, 3.05) is 18.1 Å². The number of rotatable bonds is 7. The van der Waals surface area contributed by atoms with Crippen LogP contribution in [0.3, 0.4) is 0 Å². The molecule has 5 heteroatoms. The third kappa shape index (κ3) is 4.07. The highest BCUT2D eigenvalue weighted by Crippen LogP contribution is 2.27. The van der Waals surface area contributed by atoms with Gasteiger partial charge in [-0.15, -0.1) is 0 Å². The summed E-state index contributed by atoms with van der Waals surface area (Å²) in [6.45, 7) is 2.44. The fourth-order valence-corrected chi connectivity index (χ4v) is 2.79. The number of carbonyl (C=O) groups is 2. The predicted octanol–water partition coefficient (Wildman–Crippen LogP) is 1.63. The summed E-state index contributed by atoms with van der Waals surface area (Å²) in [6, 6.07) is 7.86. The molecule has 5 nitrogen and oxygen atoms in total. The molecule has 0 aromatic heterocycles. The molecule has 1 aromatic rings. The van der Waals surface area contributed by atoms with Crippen molar-refractivity contribution in [2.45, 2.75) is 45.1 Å². The summed E-state index contributed by atoms with van der Waals surface area (Å²) in [6.07, 6.45) is 2.90. The zero-order valence-electron chi connectivity index (χ0n) is 13.0. The second-order valence-electron chi connectivity index (χ2n) is 5.61. The van der Waals surface area contributed by atoms with Crippen LogP contribution >= 0.6 is 0 Å². The number of carbonyl (C=O) groups excluding carboxylic acids is 2. The topological polar surface area (TPSA) is 69.6 Å². The molecule has 0 saturated carbocycles. The summed E-state index contributed by atoms with van der Waals surface area (Å²) in [4.78, 5) is 25.8. The normalized spacial score (nSPS) is 15.4. The van der Waals surface area contributed by atoms with E-state index in [1.807, 2.05) is 31.2 Å². The van der Waals surface area contributed by atoms with Gasteiger partial charge in [0.1, 0.15) is 0 Å². The monoisotopic (exact) mass is 304 g/mol. The van der Waals surface area contributed by atoms with E-state index in [0.717, 1.165) is 24.1 Å². The highest BCUT2D eigenvalue weighted by Gasteiger charge is 2.24. The molecule has 1 aliphatic heterocycles. The van der Waals surface area contributed by atoms with Crippen LogP contribution in [0.4, 0.5) is 5.69 Å². The zero-order chi connectivity index (χ0) is 15.9. The van der Waals surface area contributed by atoms with Crippen molar-refractivity contribution in [1.82, 2.24) is 5.32 Å². The summed E-state index contributed by atoms with van der Waals surface area (Å²) in [7, 11) is 0. The first-order valence-corrected chi connectivity index (χ1v) is 7.94. The summed E-state index contributed by atoms with van der Waals surface area (Å²) >= 11 is 0. The standard InChI is InChI=1S/C17H24N2O3/c1-2-14(10-12-20)18-16(21)9-11-19-15-6-4-3-5-13(15)7-8-17(19)22/h3-6,14,20H,2,7-12H2,1H3,(H,18,21). The lowest BCUT2D eigenvalue weighted by atomic mass is 10.0. The number of benzene rings is 1. The first-order chi connectivity index (χ1) is 10.7. The minimum absolute atomic E-state index is 0.00171. The molecule has 120 valence electrons. The maximum absolute atomic E-state index is 12.1. The molecule has 0 aliphatic carbocycles. The van der Waals surface area contributed by atoms with Crippen LogP contribution in [0.2, 0.25) is 0 Å². The number of para-hydroxylation sites is 1. The lowest BCUT2D eigenvalue weighted by Gasteiger charge is -2.29. The third-order valence-corrected chi connectivity index (χ3v) is 4.09. The highest BCUT2D eigenvalue weighted by atomic mass is 16.3. The first kappa shape index (κ1) is 16.5. The fraction of sp³-hybridized carbons (Fsp3) is 0.529. The molecule has 1 aliphatic rings. The van der Waals surface area contributed by atoms with Crippen molar-refractivity contribution in [3.8, 4) is 0 Å². The zero-order valence-corrected chi connectivity index (χ0v) is 13.0. The van der Waals surface area contributed by atoms with Crippen LogP contribution in [0, 0.1) is 0 Å². The minimum Gasteiger partial charge on any atom is -0.396 e. The van der Waals surface area contributed by atoms with Crippen molar-refractivity contribution >= 4 is 17.5 Å². The van der Waals surface area contributed by atoms with Crippen LogP contribution < -0.4 is 10.2 Å². The van der Waals surface area contributed by atoms with Gasteiger partial charge in [-0.05, 0) is 30.9 Å². The van der Waals surface area contributed by atoms with E-state index in [1.165, 1.54) is 0 Å². The minimum atomic E-state index is -0.0730. The Balaban J connectivity index is 1.93. The number of nitrogens with zero attached hydrogens (tertiary/aromatic N) is 1. The maximum atomic E-state index is 12.1. The van der Waals surface area contributed by atoms with Crippen LogP contribution in [-0.2, 0) is 16.0 Å². The second kappa shape index (κ2) is 7.94. The van der Waals surface area contributed by atoms with Gasteiger partial charge in [-0.3, -0.25) is 9.59 Å². The molecule has 1 aromatic carbocycles. The van der Waals surface area contributed by atoms with E-state index in [9.17, 15) is 9.59 Å². The van der Waals surface area contributed by atoms with Crippen molar-refractivity contribution < 1.29 is 14.7 Å². The average Bonchev–Trinajstić information content (AvgIpc) is 2.53. The van der Waals surface area contributed by atoms with Gasteiger partial charge in [-0.2, -0.15) is 0 Å². The molecule has 0 saturated heterocycles. The van der Waals surface area contributed by atoms with Crippen LogP contribution in [0.5, 0.6) is 0 Å². The number of anilines is 1. The number of hydrogen-bond acceptors (Lipinski definition) is 3. The first-order valence-electron chi connectivity index (χ1n) is 7.94. The maximum Gasteiger partial charge on any atom is 0.227 e. The van der Waals surface area contributed by atoms with E-state index >= 15 is 0 Å². The molecule has 1 heterocycles. The van der Waals surface area contributed by atoms with Gasteiger partial charge in [0.05, 0.1) is 0 Å². The van der Waals surface area contributed by atoms with Crippen molar-refractivity contribution in [1.29, 1.82) is 0 Å². The highest BCUT2D eigenvalue weighted by molar-refractivity contribution is 5.96. The SMILES string of the molecule is CCC(CCO)NC(=O)CCN1C(=O)CCc2ccccc21. The summed E-state index contributed by atoms with van der Waals surface area (Å²) in [5, 5.41) is 11.9. The van der Waals surface area contributed by atoms with Gasteiger partial charge < -0.3 is 15.3 Å². The molecule has 2 N–H and O–H groups in total. The Morgan fingerprint density at radius 3 is 2.86 bits per heavy atom. The third-order valence-electron chi connectivity index (χ3n) is 4.09. The quantitative estimate of drug-likeness (QED) is 0.804. The summed E-state index contributed by atoms with van der Waals surface area (Å²) in [5.41, 5.74) is 2.09. The predicted molar refractivity (Wildman–Crippen MR) is 85.7 cm³/mol. The van der Waals surface area contributed by atoms with Crippen molar-refractivity contribution in [3.05, 3.63) is 29.8 Å². The molecule has 1 atom stereocenters. The average molecular weight is 304 g/mol. The molecular weight excluding hydrogens is 280 g/mol. The Kier molecular flexibility index (Phi) is 5.95. The van der Waals surface area contributed by atoms with Gasteiger partial charge in [-0.1, -0.05) is 25.1 Å². The van der Waals surface area contributed by atoms with Crippen LogP contribution in [0.15, 0.2) is 24.3 Å². The van der Waals surface area contributed by atoms with E-state index in [-0.39, 0.29) is 30.9 Å². The van der Waals surface area contributed by atoms with Gasteiger partial charge in [0.15, 0.2) is 0 Å². The molecule has 0 spiro atoms. The number of aliphatic hydroxyl groups is 1. The van der Waals surface area contributed by atoms with E-state index in [1.54, 1.807) is 4.90 Å². The van der Waals surface area contributed by atoms with Gasteiger partial charge in [0.2, 0.25) is 11.8 Å². The summed E-state index contributed by atoms with van der Waals surface area (Å²) < 4.78 is 0. The molecule has 1 unspecified atom stereocenters. The molecular formula is C17H24N2O3. The molecule has 2 amide bonds. The molecule has 22 heavy (non-hydrogen) atoms. The Bertz CT molecular complexity index is 530. The largest absolute Gasteiger partial charge is 0.396 e. The van der Waals surface area contributed by atoms with Gasteiger partial charge >= 0.3 is 0 Å². The fourth-order valence-electron chi connectivity index (χ4n) is 2.79.